The molecule has 0 N–H and O–H groups in total. The molecule has 1 aliphatic carbocycles. The van der Waals surface area contributed by atoms with Crippen LogP contribution >= 0.6 is 0 Å². The van der Waals surface area contributed by atoms with Crippen molar-refractivity contribution in [3.05, 3.63) is 89.7 Å². The summed E-state index contributed by atoms with van der Waals surface area (Å²) < 4.78 is 0. The summed E-state index contributed by atoms with van der Waals surface area (Å²) in [5.41, 5.74) is 5.50. The van der Waals surface area contributed by atoms with E-state index < -0.39 is 0 Å². The lowest BCUT2D eigenvalue weighted by atomic mass is 9.84. The molecule has 0 bridgehead atoms. The van der Waals surface area contributed by atoms with Crippen LogP contribution in [0.25, 0.3) is 22.0 Å². The number of anilines is 1. The predicted octanol–water partition coefficient (Wildman–Crippen LogP) is 9.35. The van der Waals surface area contributed by atoms with Gasteiger partial charge in [-0.2, -0.15) is 0 Å². The number of rotatable bonds is 5. The fourth-order valence-electron chi connectivity index (χ4n) is 4.99. The van der Waals surface area contributed by atoms with Crippen LogP contribution in [0.5, 0.6) is 0 Å². The minimum Gasteiger partial charge on any atom is -0.362 e. The minimum atomic E-state index is 0.111. The van der Waals surface area contributed by atoms with Gasteiger partial charge in [-0.25, -0.2) is 9.97 Å². The van der Waals surface area contributed by atoms with Crippen molar-refractivity contribution in [3.63, 3.8) is 0 Å². The van der Waals surface area contributed by atoms with Crippen LogP contribution in [0, 0.1) is 18.8 Å². The highest BCUT2D eigenvalue weighted by Crippen LogP contribution is 2.27. The molecular weight excluding hydrogens is 490 g/mol. The predicted molar refractivity (Wildman–Crippen MR) is 171 cm³/mol. The summed E-state index contributed by atoms with van der Waals surface area (Å²) in [5.74, 6) is 3.94. The Balaban J connectivity index is 0.000000178. The Bertz CT molecular complexity index is 1330. The van der Waals surface area contributed by atoms with Crippen LogP contribution in [-0.4, -0.2) is 29.8 Å². The molecule has 0 radical (unpaired) electrons. The highest BCUT2D eigenvalue weighted by Gasteiger charge is 2.13. The highest BCUT2D eigenvalue weighted by molar-refractivity contribution is 5.94. The topological polar surface area (TPSA) is 46.1 Å². The van der Waals surface area contributed by atoms with E-state index in [1.54, 1.807) is 6.92 Å². The molecule has 0 aliphatic heterocycles. The Hall–Kier alpha value is -3.53. The molecule has 0 spiro atoms. The summed E-state index contributed by atoms with van der Waals surface area (Å²) in [5, 5.41) is 1.10. The van der Waals surface area contributed by atoms with E-state index in [0.717, 1.165) is 51.9 Å². The van der Waals surface area contributed by atoms with E-state index in [4.69, 9.17) is 0 Å². The summed E-state index contributed by atoms with van der Waals surface area (Å²) in [6.45, 7) is 10.4. The van der Waals surface area contributed by atoms with Gasteiger partial charge in [-0.15, -0.1) is 0 Å². The Kier molecular flexibility index (Phi) is 11.9. The maximum Gasteiger partial charge on any atom is 0.159 e. The Morgan fingerprint density at radius 3 is 1.82 bits per heavy atom. The maximum absolute atomic E-state index is 11.2. The normalized spacial score (nSPS) is 16.3. The van der Waals surface area contributed by atoms with Gasteiger partial charge in [-0.3, -0.25) is 4.79 Å². The molecule has 0 atom stereocenters. The average Bonchev–Trinajstić information content (AvgIpc) is 2.95. The van der Waals surface area contributed by atoms with Crippen LogP contribution in [0.2, 0.25) is 0 Å². The van der Waals surface area contributed by atoms with Crippen molar-refractivity contribution in [1.82, 2.24) is 9.97 Å². The van der Waals surface area contributed by atoms with E-state index in [9.17, 15) is 4.79 Å². The lowest BCUT2D eigenvalue weighted by Crippen LogP contribution is -2.12. The maximum atomic E-state index is 11.2. The molecule has 1 fully saturated rings. The van der Waals surface area contributed by atoms with Crippen molar-refractivity contribution in [2.75, 3.05) is 19.0 Å². The van der Waals surface area contributed by atoms with Crippen LogP contribution in [0.1, 0.15) is 81.5 Å². The molecule has 0 unspecified atom stereocenters. The number of nitrogens with zero attached hydrogens (tertiary/aromatic N) is 3. The van der Waals surface area contributed by atoms with Crippen molar-refractivity contribution in [2.45, 2.75) is 73.1 Å². The summed E-state index contributed by atoms with van der Waals surface area (Å²) in [6.07, 6.45) is 8.20. The smallest absolute Gasteiger partial charge is 0.159 e. The molecule has 1 aliphatic rings. The number of hydrogen-bond acceptors (Lipinski definition) is 4. The molecule has 1 heterocycles. The quantitative estimate of drug-likeness (QED) is 0.238. The fourth-order valence-corrected chi connectivity index (χ4v) is 4.99. The minimum absolute atomic E-state index is 0.111. The SMILES string of the molecule is CC1CCC(C)CC1.CCCc1ccc(-c2ccc(C(C)=O)cc2)cc1.Cc1nc(N(C)C)c2ccccc2n1. The number of aromatic nitrogens is 2. The van der Waals surface area contributed by atoms with Crippen molar-refractivity contribution < 1.29 is 4.79 Å². The molecule has 3 aromatic carbocycles. The summed E-state index contributed by atoms with van der Waals surface area (Å²) in [6, 6.07) is 24.5. The van der Waals surface area contributed by atoms with E-state index in [1.807, 2.05) is 74.4 Å². The first kappa shape index (κ1) is 31.0. The van der Waals surface area contributed by atoms with Gasteiger partial charge in [0.15, 0.2) is 5.78 Å². The number of para-hydroxylation sites is 1. The zero-order valence-electron chi connectivity index (χ0n) is 25.6. The van der Waals surface area contributed by atoms with Crippen molar-refractivity contribution >= 4 is 22.5 Å². The lowest BCUT2D eigenvalue weighted by Gasteiger charge is -2.22. The van der Waals surface area contributed by atoms with Crippen LogP contribution in [-0.2, 0) is 6.42 Å². The van der Waals surface area contributed by atoms with Crippen molar-refractivity contribution in [2.24, 2.45) is 11.8 Å². The summed E-state index contributed by atoms with van der Waals surface area (Å²) in [7, 11) is 3.99. The molecule has 0 amide bonds. The zero-order chi connectivity index (χ0) is 29.1. The standard InChI is InChI=1S/C17H18O.C11H13N3.C8H16/c1-3-4-14-5-7-16(8-6-14)17-11-9-15(10-12-17)13(2)18;1-8-12-10-7-5-4-6-9(10)11(13-8)14(2)3;1-7-3-5-8(2)6-4-7/h5-12H,3-4H2,1-2H3;4-7H,1-3H3;7-8H,3-6H2,1-2H3. The van der Waals surface area contributed by atoms with Crippen molar-refractivity contribution in [3.8, 4) is 11.1 Å². The number of fused-ring (bicyclic) bond motifs is 1. The molecule has 40 heavy (non-hydrogen) atoms. The molecule has 0 saturated heterocycles. The second-order valence-electron chi connectivity index (χ2n) is 11.5. The Morgan fingerprint density at radius 2 is 1.32 bits per heavy atom. The third kappa shape index (κ3) is 9.29. The van der Waals surface area contributed by atoms with Gasteiger partial charge in [0, 0.05) is 25.0 Å². The first-order chi connectivity index (χ1) is 19.2. The molecule has 4 nitrogen and oxygen atoms in total. The zero-order valence-corrected chi connectivity index (χ0v) is 25.6. The molecule has 1 saturated carbocycles. The summed E-state index contributed by atoms with van der Waals surface area (Å²) >= 11 is 0. The highest BCUT2D eigenvalue weighted by atomic mass is 16.1. The van der Waals surface area contributed by atoms with Crippen molar-refractivity contribution in [1.29, 1.82) is 0 Å². The van der Waals surface area contributed by atoms with Crippen LogP contribution in [0.15, 0.2) is 72.8 Å². The molecule has 4 heteroatoms. The van der Waals surface area contributed by atoms with Gasteiger partial charge < -0.3 is 4.90 Å². The molecule has 5 rings (SSSR count). The first-order valence-electron chi connectivity index (χ1n) is 14.8. The average molecular weight is 538 g/mol. The number of hydrogen-bond donors (Lipinski definition) is 0. The van der Waals surface area contributed by atoms with Crippen LogP contribution < -0.4 is 4.90 Å². The first-order valence-corrected chi connectivity index (χ1v) is 14.8. The van der Waals surface area contributed by atoms with Crippen LogP contribution in [0.4, 0.5) is 5.82 Å². The van der Waals surface area contributed by atoms with Gasteiger partial charge in [0.2, 0.25) is 0 Å². The largest absolute Gasteiger partial charge is 0.362 e. The van der Waals surface area contributed by atoms with Gasteiger partial charge in [-0.1, -0.05) is 114 Å². The fraction of sp³-hybridized carbons (Fsp3) is 0.417. The third-order valence-corrected chi connectivity index (χ3v) is 7.54. The second-order valence-corrected chi connectivity index (χ2v) is 11.5. The lowest BCUT2D eigenvalue weighted by molar-refractivity contribution is 0.101. The number of benzene rings is 3. The van der Waals surface area contributed by atoms with Crippen LogP contribution in [0.3, 0.4) is 0 Å². The number of carbonyl (C=O) groups is 1. The van der Waals surface area contributed by atoms with E-state index in [0.29, 0.717) is 0 Å². The van der Waals surface area contributed by atoms with E-state index in [2.05, 4.69) is 55.0 Å². The monoisotopic (exact) mass is 537 g/mol. The second kappa shape index (κ2) is 15.3. The third-order valence-electron chi connectivity index (χ3n) is 7.54. The van der Waals surface area contributed by atoms with Gasteiger partial charge in [0.25, 0.3) is 0 Å². The van der Waals surface area contributed by atoms with E-state index in [1.165, 1.54) is 43.2 Å². The van der Waals surface area contributed by atoms with Gasteiger partial charge in [0.1, 0.15) is 11.6 Å². The number of aryl methyl sites for hydroxylation is 2. The van der Waals surface area contributed by atoms with Gasteiger partial charge in [-0.05, 0) is 60.9 Å². The Morgan fingerprint density at radius 1 is 0.800 bits per heavy atom. The van der Waals surface area contributed by atoms with Gasteiger partial charge >= 0.3 is 0 Å². The number of ketones is 1. The molecule has 4 aromatic rings. The summed E-state index contributed by atoms with van der Waals surface area (Å²) in [4.78, 5) is 22.0. The number of carbonyl (C=O) groups excluding carboxylic acids is 1. The van der Waals surface area contributed by atoms with E-state index >= 15 is 0 Å². The molecule has 212 valence electrons. The Labute approximate surface area is 241 Å². The molecule has 1 aromatic heterocycles. The molecular formula is C36H47N3O. The van der Waals surface area contributed by atoms with E-state index in [-0.39, 0.29) is 5.78 Å². The van der Waals surface area contributed by atoms with Gasteiger partial charge in [0.05, 0.1) is 5.52 Å². The number of Topliss-reactive ketones (excluding diaryl/α,β-unsaturated/α-hetero) is 1.